The molecule has 66 valence electrons. The topological polar surface area (TPSA) is 38.4 Å². The molecule has 0 saturated carbocycles. The first-order valence-corrected chi connectivity index (χ1v) is 4.07. The van der Waals surface area contributed by atoms with Crippen molar-refractivity contribution in [2.45, 2.75) is 19.8 Å². The van der Waals surface area contributed by atoms with Crippen molar-refractivity contribution in [2.24, 2.45) is 10.7 Å². The Labute approximate surface area is 74.2 Å². The smallest absolute Gasteiger partial charge is 0.0860 e. The van der Waals surface area contributed by atoms with Gasteiger partial charge >= 0.3 is 0 Å². The normalized spacial score (nSPS) is 12.9. The Hall–Kier alpha value is -1.31. The van der Waals surface area contributed by atoms with Gasteiger partial charge in [-0.1, -0.05) is 25.2 Å². The maximum atomic E-state index is 5.18. The number of hydrogen-bond acceptors (Lipinski definition) is 1. The molecule has 0 bridgehead atoms. The van der Waals surface area contributed by atoms with E-state index in [-0.39, 0.29) is 0 Å². The van der Waals surface area contributed by atoms with E-state index in [2.05, 4.69) is 18.5 Å². The minimum absolute atomic E-state index is 0.862. The van der Waals surface area contributed by atoms with Gasteiger partial charge in [0.1, 0.15) is 0 Å². The van der Waals surface area contributed by atoms with Crippen LogP contribution in [-0.2, 0) is 0 Å². The molecule has 0 spiro atoms. The van der Waals surface area contributed by atoms with E-state index in [1.165, 1.54) is 6.34 Å². The SMILES string of the molecule is C=CC/C=C\C(=C/CC)N=CN. The molecule has 0 saturated heterocycles. The summed E-state index contributed by atoms with van der Waals surface area (Å²) in [5, 5.41) is 0. The third-order valence-electron chi connectivity index (χ3n) is 1.23. The third-order valence-corrected chi connectivity index (χ3v) is 1.23. The minimum Gasteiger partial charge on any atom is -0.390 e. The van der Waals surface area contributed by atoms with Crippen molar-refractivity contribution < 1.29 is 0 Å². The average molecular weight is 164 g/mol. The summed E-state index contributed by atoms with van der Waals surface area (Å²) >= 11 is 0. The summed E-state index contributed by atoms with van der Waals surface area (Å²) in [6.45, 7) is 5.68. The standard InChI is InChI=1S/C10H16N2/c1-3-5-6-8-10(7-4-2)12-9-11/h3,6-9H,1,4-5H2,2H3,(H2,11,12)/b8-6-,10-7+. The molecule has 2 nitrogen and oxygen atoms in total. The molecule has 0 atom stereocenters. The molecular formula is C10H16N2. The quantitative estimate of drug-likeness (QED) is 0.288. The first kappa shape index (κ1) is 10.7. The molecule has 0 heterocycles. The molecule has 0 aliphatic rings. The van der Waals surface area contributed by atoms with E-state index in [0.29, 0.717) is 0 Å². The van der Waals surface area contributed by atoms with E-state index in [1.807, 2.05) is 24.3 Å². The second-order valence-electron chi connectivity index (χ2n) is 2.24. The van der Waals surface area contributed by atoms with Crippen LogP contribution in [0.3, 0.4) is 0 Å². The molecule has 0 aromatic rings. The Kier molecular flexibility index (Phi) is 6.94. The highest BCUT2D eigenvalue weighted by Crippen LogP contribution is 2.00. The van der Waals surface area contributed by atoms with Crippen LogP contribution in [0.15, 0.2) is 41.6 Å². The highest BCUT2D eigenvalue weighted by atomic mass is 14.8. The molecule has 0 aliphatic carbocycles. The number of nitrogens with two attached hydrogens (primary N) is 1. The van der Waals surface area contributed by atoms with Crippen LogP contribution >= 0.6 is 0 Å². The molecule has 0 rings (SSSR count). The first-order chi connectivity index (χ1) is 5.85. The summed E-state index contributed by atoms with van der Waals surface area (Å²) in [7, 11) is 0. The van der Waals surface area contributed by atoms with Gasteiger partial charge in [0, 0.05) is 0 Å². The number of nitrogens with zero attached hydrogens (tertiary/aromatic N) is 1. The molecular weight excluding hydrogens is 148 g/mol. The lowest BCUT2D eigenvalue weighted by Crippen LogP contribution is -1.88. The fraction of sp³-hybridized carbons (Fsp3) is 0.300. The molecule has 0 amide bonds. The molecule has 0 unspecified atom stereocenters. The Bertz CT molecular complexity index is 200. The van der Waals surface area contributed by atoms with Crippen LogP contribution in [0.5, 0.6) is 0 Å². The molecule has 2 heteroatoms. The van der Waals surface area contributed by atoms with Gasteiger partial charge < -0.3 is 5.73 Å². The molecule has 0 aromatic carbocycles. The Morgan fingerprint density at radius 1 is 1.58 bits per heavy atom. The third kappa shape index (κ3) is 5.47. The van der Waals surface area contributed by atoms with Crippen LogP contribution in [0.2, 0.25) is 0 Å². The monoisotopic (exact) mass is 164 g/mol. The van der Waals surface area contributed by atoms with Gasteiger partial charge in [0.2, 0.25) is 0 Å². The Balaban J connectivity index is 4.12. The second kappa shape index (κ2) is 7.79. The average Bonchev–Trinajstić information content (AvgIpc) is 2.06. The van der Waals surface area contributed by atoms with Crippen molar-refractivity contribution in [3.05, 3.63) is 36.6 Å². The molecule has 12 heavy (non-hydrogen) atoms. The van der Waals surface area contributed by atoms with Gasteiger partial charge in [0.05, 0.1) is 12.0 Å². The van der Waals surface area contributed by atoms with E-state index >= 15 is 0 Å². The number of hydrogen-bond donors (Lipinski definition) is 1. The van der Waals surface area contributed by atoms with Gasteiger partial charge in [0.25, 0.3) is 0 Å². The van der Waals surface area contributed by atoms with Crippen molar-refractivity contribution in [2.75, 3.05) is 0 Å². The molecule has 0 radical (unpaired) electrons. The lowest BCUT2D eigenvalue weighted by molar-refractivity contribution is 1.18. The predicted octanol–water partition coefficient (Wildman–Crippen LogP) is 2.40. The summed E-state index contributed by atoms with van der Waals surface area (Å²) in [6, 6.07) is 0. The van der Waals surface area contributed by atoms with E-state index in [4.69, 9.17) is 5.73 Å². The van der Waals surface area contributed by atoms with Crippen LogP contribution in [0, 0.1) is 0 Å². The predicted molar refractivity (Wildman–Crippen MR) is 55.0 cm³/mol. The van der Waals surface area contributed by atoms with Crippen LogP contribution in [0.1, 0.15) is 19.8 Å². The van der Waals surface area contributed by atoms with Gasteiger partial charge in [-0.25, -0.2) is 4.99 Å². The zero-order chi connectivity index (χ0) is 9.23. The van der Waals surface area contributed by atoms with Crippen molar-refractivity contribution in [1.29, 1.82) is 0 Å². The fourth-order valence-corrected chi connectivity index (χ4v) is 0.744. The van der Waals surface area contributed by atoms with E-state index in [0.717, 1.165) is 18.5 Å². The van der Waals surface area contributed by atoms with E-state index < -0.39 is 0 Å². The van der Waals surface area contributed by atoms with Crippen LogP contribution in [0.25, 0.3) is 0 Å². The molecule has 0 aliphatic heterocycles. The van der Waals surface area contributed by atoms with Crippen LogP contribution in [0.4, 0.5) is 0 Å². The van der Waals surface area contributed by atoms with Gasteiger partial charge in [-0.15, -0.1) is 6.58 Å². The van der Waals surface area contributed by atoms with Crippen molar-refractivity contribution in [3.63, 3.8) is 0 Å². The van der Waals surface area contributed by atoms with Gasteiger partial charge in [-0.3, -0.25) is 0 Å². The van der Waals surface area contributed by atoms with Crippen LogP contribution < -0.4 is 5.73 Å². The Morgan fingerprint density at radius 2 is 2.33 bits per heavy atom. The van der Waals surface area contributed by atoms with Crippen molar-refractivity contribution in [1.82, 2.24) is 0 Å². The number of rotatable bonds is 5. The lowest BCUT2D eigenvalue weighted by Gasteiger charge is -1.90. The first-order valence-electron chi connectivity index (χ1n) is 4.07. The lowest BCUT2D eigenvalue weighted by atomic mass is 10.3. The van der Waals surface area contributed by atoms with E-state index in [9.17, 15) is 0 Å². The maximum Gasteiger partial charge on any atom is 0.0860 e. The van der Waals surface area contributed by atoms with Gasteiger partial charge in [-0.2, -0.15) is 0 Å². The van der Waals surface area contributed by atoms with Crippen molar-refractivity contribution in [3.8, 4) is 0 Å². The summed E-state index contributed by atoms with van der Waals surface area (Å²) in [4.78, 5) is 3.98. The van der Waals surface area contributed by atoms with Gasteiger partial charge in [0.15, 0.2) is 0 Å². The largest absolute Gasteiger partial charge is 0.390 e. The zero-order valence-electron chi connectivity index (χ0n) is 7.53. The minimum atomic E-state index is 0.862. The number of aliphatic imine (C=N–C) groups is 1. The second-order valence-corrected chi connectivity index (χ2v) is 2.24. The number of allylic oxidation sites excluding steroid dienone is 4. The molecule has 0 aromatic heterocycles. The molecule has 0 fully saturated rings. The fourth-order valence-electron chi connectivity index (χ4n) is 0.744. The van der Waals surface area contributed by atoms with Gasteiger partial charge in [-0.05, 0) is 18.9 Å². The Morgan fingerprint density at radius 3 is 2.83 bits per heavy atom. The van der Waals surface area contributed by atoms with E-state index in [1.54, 1.807) is 0 Å². The summed E-state index contributed by atoms with van der Waals surface area (Å²) in [5.74, 6) is 0. The summed E-state index contributed by atoms with van der Waals surface area (Å²) in [5.41, 5.74) is 6.08. The summed E-state index contributed by atoms with van der Waals surface area (Å²) in [6.07, 6.45) is 10.9. The highest BCUT2D eigenvalue weighted by molar-refractivity contribution is 5.54. The summed E-state index contributed by atoms with van der Waals surface area (Å²) < 4.78 is 0. The molecule has 2 N–H and O–H groups in total. The maximum absolute atomic E-state index is 5.18. The highest BCUT2D eigenvalue weighted by Gasteiger charge is 1.83. The van der Waals surface area contributed by atoms with Crippen LogP contribution in [-0.4, -0.2) is 6.34 Å². The zero-order valence-corrected chi connectivity index (χ0v) is 7.53. The van der Waals surface area contributed by atoms with Crippen molar-refractivity contribution >= 4 is 6.34 Å².